The first kappa shape index (κ1) is 15.6. The van der Waals surface area contributed by atoms with Gasteiger partial charge in [-0.25, -0.2) is 4.79 Å². The topological polar surface area (TPSA) is 78.8 Å². The summed E-state index contributed by atoms with van der Waals surface area (Å²) in [6.07, 6.45) is 2.18. The van der Waals surface area contributed by atoms with Gasteiger partial charge in [0.05, 0.1) is 6.61 Å². The molecular formula is C16H23NO4. The molecule has 1 amide bonds. The van der Waals surface area contributed by atoms with Crippen LogP contribution in [0.3, 0.4) is 0 Å². The van der Waals surface area contributed by atoms with Crippen LogP contribution < -0.4 is 5.32 Å². The summed E-state index contributed by atoms with van der Waals surface area (Å²) in [4.78, 5) is 11.8. The average molecular weight is 293 g/mol. The van der Waals surface area contributed by atoms with E-state index in [0.29, 0.717) is 11.3 Å². The highest BCUT2D eigenvalue weighted by molar-refractivity contribution is 5.85. The van der Waals surface area contributed by atoms with Crippen LogP contribution >= 0.6 is 0 Å². The molecule has 0 unspecified atom stereocenters. The lowest BCUT2D eigenvalue weighted by molar-refractivity contribution is 0.0636. The van der Waals surface area contributed by atoms with Gasteiger partial charge in [0.2, 0.25) is 0 Å². The van der Waals surface area contributed by atoms with E-state index < -0.39 is 11.7 Å². The number of hydrogen-bond acceptors (Lipinski definition) is 4. The normalized spacial score (nSPS) is 17.0. The summed E-state index contributed by atoms with van der Waals surface area (Å²) in [5.74, 6) is 0.151. The molecule has 1 aliphatic rings. The first-order valence-electron chi connectivity index (χ1n) is 7.20. The van der Waals surface area contributed by atoms with Gasteiger partial charge in [0.1, 0.15) is 11.4 Å². The molecule has 0 atom stereocenters. The highest BCUT2D eigenvalue weighted by Gasteiger charge is 2.40. The second-order valence-corrected chi connectivity index (χ2v) is 6.65. The van der Waals surface area contributed by atoms with Gasteiger partial charge >= 0.3 is 6.09 Å². The van der Waals surface area contributed by atoms with Crippen molar-refractivity contribution in [1.29, 1.82) is 0 Å². The number of hydrogen-bond donors (Lipinski definition) is 3. The number of amides is 1. The molecule has 1 aromatic carbocycles. The van der Waals surface area contributed by atoms with Crippen molar-refractivity contribution in [2.75, 3.05) is 11.9 Å². The zero-order chi connectivity index (χ0) is 15.7. The quantitative estimate of drug-likeness (QED) is 0.748. The van der Waals surface area contributed by atoms with Gasteiger partial charge in [-0.1, -0.05) is 6.42 Å². The fourth-order valence-corrected chi connectivity index (χ4v) is 2.58. The Balaban J connectivity index is 2.17. The highest BCUT2D eigenvalue weighted by atomic mass is 16.6. The van der Waals surface area contributed by atoms with Crippen LogP contribution in [-0.4, -0.2) is 28.5 Å². The van der Waals surface area contributed by atoms with Crippen molar-refractivity contribution in [3.05, 3.63) is 23.8 Å². The number of aliphatic hydroxyl groups is 1. The molecule has 1 saturated carbocycles. The van der Waals surface area contributed by atoms with Crippen molar-refractivity contribution >= 4 is 11.8 Å². The molecule has 0 bridgehead atoms. The number of aliphatic hydroxyl groups excluding tert-OH is 1. The van der Waals surface area contributed by atoms with E-state index in [-0.39, 0.29) is 17.8 Å². The predicted molar refractivity (Wildman–Crippen MR) is 80.6 cm³/mol. The molecule has 2 rings (SSSR count). The first-order valence-corrected chi connectivity index (χ1v) is 7.20. The number of rotatable bonds is 3. The molecule has 0 heterocycles. The van der Waals surface area contributed by atoms with Crippen LogP contribution in [0.1, 0.15) is 45.6 Å². The fraction of sp³-hybridized carbons (Fsp3) is 0.562. The maximum Gasteiger partial charge on any atom is 0.412 e. The number of phenolic OH excluding ortho intramolecular Hbond substituents is 1. The van der Waals surface area contributed by atoms with E-state index in [4.69, 9.17) is 4.74 Å². The van der Waals surface area contributed by atoms with Crippen LogP contribution in [0.5, 0.6) is 5.75 Å². The Kier molecular flexibility index (Phi) is 4.14. The zero-order valence-corrected chi connectivity index (χ0v) is 12.8. The summed E-state index contributed by atoms with van der Waals surface area (Å²) in [5.41, 5.74) is 0.293. The Bertz CT molecular complexity index is 524. The maximum absolute atomic E-state index is 11.8. The maximum atomic E-state index is 11.8. The van der Waals surface area contributed by atoms with Crippen molar-refractivity contribution in [3.63, 3.8) is 0 Å². The summed E-state index contributed by atoms with van der Waals surface area (Å²) >= 11 is 0. The molecule has 5 nitrogen and oxygen atoms in total. The smallest absolute Gasteiger partial charge is 0.412 e. The molecule has 0 saturated heterocycles. The molecule has 0 radical (unpaired) electrons. The minimum Gasteiger partial charge on any atom is -0.508 e. The monoisotopic (exact) mass is 293 g/mol. The lowest BCUT2D eigenvalue weighted by Crippen LogP contribution is -2.38. The van der Waals surface area contributed by atoms with Gasteiger partial charge in [-0.2, -0.15) is 0 Å². The number of carbonyl (C=O) groups excluding carboxylic acids is 1. The van der Waals surface area contributed by atoms with E-state index in [1.807, 2.05) is 0 Å². The molecule has 1 aliphatic carbocycles. The van der Waals surface area contributed by atoms with E-state index in [2.05, 4.69) is 5.32 Å². The molecule has 3 N–H and O–H groups in total. The van der Waals surface area contributed by atoms with Crippen molar-refractivity contribution in [3.8, 4) is 5.75 Å². The molecule has 0 spiro atoms. The van der Waals surface area contributed by atoms with Gasteiger partial charge in [0.15, 0.2) is 0 Å². The Morgan fingerprint density at radius 2 is 2.05 bits per heavy atom. The summed E-state index contributed by atoms with van der Waals surface area (Å²) in [6.45, 7) is 5.38. The molecule has 1 fully saturated rings. The minimum absolute atomic E-state index is 0.00352. The number of ether oxygens (including phenoxy) is 1. The van der Waals surface area contributed by atoms with Gasteiger partial charge in [-0.15, -0.1) is 0 Å². The Labute approximate surface area is 124 Å². The van der Waals surface area contributed by atoms with E-state index in [9.17, 15) is 15.0 Å². The van der Waals surface area contributed by atoms with Crippen molar-refractivity contribution < 1.29 is 19.7 Å². The number of carbonyl (C=O) groups is 1. The van der Waals surface area contributed by atoms with Crippen LogP contribution in [0.2, 0.25) is 0 Å². The predicted octanol–water partition coefficient (Wildman–Crippen LogP) is 3.15. The fourth-order valence-electron chi connectivity index (χ4n) is 2.58. The lowest BCUT2D eigenvalue weighted by Gasteiger charge is -2.41. The Morgan fingerprint density at radius 1 is 1.38 bits per heavy atom. The van der Waals surface area contributed by atoms with Crippen LogP contribution in [0.15, 0.2) is 18.2 Å². The Morgan fingerprint density at radius 3 is 2.52 bits per heavy atom. The standard InChI is InChI=1S/C16H23NO4/c1-15(2,3)21-14(20)17-11-5-6-13(19)12(9-11)16(10-18)7-4-8-16/h5-6,9,18-19H,4,7-8,10H2,1-3H3,(H,17,20). The molecule has 116 valence electrons. The lowest BCUT2D eigenvalue weighted by atomic mass is 9.64. The SMILES string of the molecule is CC(C)(C)OC(=O)Nc1ccc(O)c(C2(CO)CCC2)c1. The van der Waals surface area contributed by atoms with Crippen LogP contribution in [-0.2, 0) is 10.2 Å². The highest BCUT2D eigenvalue weighted by Crippen LogP contribution is 2.47. The third-order valence-electron chi connectivity index (χ3n) is 3.83. The van der Waals surface area contributed by atoms with E-state index >= 15 is 0 Å². The number of anilines is 1. The van der Waals surface area contributed by atoms with Crippen LogP contribution in [0.4, 0.5) is 10.5 Å². The summed E-state index contributed by atoms with van der Waals surface area (Å²) in [5, 5.41) is 22.3. The number of benzene rings is 1. The van der Waals surface area contributed by atoms with Crippen LogP contribution in [0, 0.1) is 0 Å². The summed E-state index contributed by atoms with van der Waals surface area (Å²) in [6, 6.07) is 4.87. The molecule has 5 heteroatoms. The van der Waals surface area contributed by atoms with E-state index in [1.165, 1.54) is 6.07 Å². The molecular weight excluding hydrogens is 270 g/mol. The average Bonchev–Trinajstić information content (AvgIpc) is 2.30. The van der Waals surface area contributed by atoms with Gasteiger partial charge in [0.25, 0.3) is 0 Å². The third kappa shape index (κ3) is 3.47. The molecule has 0 aromatic heterocycles. The number of nitrogens with one attached hydrogen (secondary N) is 1. The molecule has 1 aromatic rings. The molecule has 0 aliphatic heterocycles. The zero-order valence-electron chi connectivity index (χ0n) is 12.8. The third-order valence-corrected chi connectivity index (χ3v) is 3.83. The number of aromatic hydroxyl groups is 1. The second-order valence-electron chi connectivity index (χ2n) is 6.65. The van der Waals surface area contributed by atoms with Crippen molar-refractivity contribution in [1.82, 2.24) is 0 Å². The van der Waals surface area contributed by atoms with Gasteiger partial charge in [0, 0.05) is 16.7 Å². The molecule has 21 heavy (non-hydrogen) atoms. The van der Waals surface area contributed by atoms with Gasteiger partial charge < -0.3 is 14.9 Å². The second kappa shape index (κ2) is 5.56. The van der Waals surface area contributed by atoms with E-state index in [1.54, 1.807) is 32.9 Å². The largest absolute Gasteiger partial charge is 0.508 e. The Hall–Kier alpha value is -1.75. The van der Waals surface area contributed by atoms with Gasteiger partial charge in [-0.05, 0) is 51.8 Å². The first-order chi connectivity index (χ1) is 9.76. The van der Waals surface area contributed by atoms with Crippen molar-refractivity contribution in [2.45, 2.75) is 51.0 Å². The van der Waals surface area contributed by atoms with Crippen LogP contribution in [0.25, 0.3) is 0 Å². The summed E-state index contributed by atoms with van der Waals surface area (Å²) < 4.78 is 5.20. The summed E-state index contributed by atoms with van der Waals surface area (Å²) in [7, 11) is 0. The van der Waals surface area contributed by atoms with E-state index in [0.717, 1.165) is 19.3 Å². The van der Waals surface area contributed by atoms with Crippen molar-refractivity contribution in [2.24, 2.45) is 0 Å². The number of phenols is 1. The van der Waals surface area contributed by atoms with Gasteiger partial charge in [-0.3, -0.25) is 5.32 Å². The minimum atomic E-state index is -0.565.